The molecule has 0 fully saturated rings. The van der Waals surface area contributed by atoms with E-state index in [1.807, 2.05) is 63.2 Å². The molecule has 0 aromatic heterocycles. The highest BCUT2D eigenvalue weighted by Crippen LogP contribution is 2.41. The summed E-state index contributed by atoms with van der Waals surface area (Å²) in [6.45, 7) is 5.99. The van der Waals surface area contributed by atoms with Crippen molar-refractivity contribution in [2.24, 2.45) is 5.41 Å². The second-order valence-corrected chi connectivity index (χ2v) is 6.27. The van der Waals surface area contributed by atoms with Crippen LogP contribution in [0.15, 0.2) is 60.7 Å². The molecular weight excluding hydrogens is 260 g/mol. The number of aliphatic hydroxyl groups is 1. The van der Waals surface area contributed by atoms with Crippen molar-refractivity contribution in [1.29, 1.82) is 0 Å². The van der Waals surface area contributed by atoms with Crippen molar-refractivity contribution < 1.29 is 10.2 Å². The Morgan fingerprint density at radius 2 is 1.43 bits per heavy atom. The van der Waals surface area contributed by atoms with Gasteiger partial charge in [-0.3, -0.25) is 0 Å². The molecular formula is C19H22O2. The lowest BCUT2D eigenvalue weighted by molar-refractivity contribution is -0.0178. The molecule has 110 valence electrons. The first-order valence-electron chi connectivity index (χ1n) is 7.10. The van der Waals surface area contributed by atoms with Gasteiger partial charge in [0.1, 0.15) is 11.4 Å². The fraction of sp³-hybridized carbons (Fsp3) is 0.263. The summed E-state index contributed by atoms with van der Waals surface area (Å²) in [6, 6.07) is 16.7. The molecule has 0 aliphatic carbocycles. The average Bonchev–Trinajstić information content (AvgIpc) is 2.46. The van der Waals surface area contributed by atoms with Crippen molar-refractivity contribution >= 4 is 6.08 Å². The van der Waals surface area contributed by atoms with E-state index in [0.29, 0.717) is 5.56 Å². The van der Waals surface area contributed by atoms with Gasteiger partial charge in [0.25, 0.3) is 0 Å². The summed E-state index contributed by atoms with van der Waals surface area (Å²) < 4.78 is 0. The van der Waals surface area contributed by atoms with Gasteiger partial charge in [-0.15, -0.1) is 0 Å². The van der Waals surface area contributed by atoms with Crippen LogP contribution in [0.3, 0.4) is 0 Å². The Labute approximate surface area is 126 Å². The molecule has 0 saturated carbocycles. The molecule has 1 atom stereocenters. The second-order valence-electron chi connectivity index (χ2n) is 6.27. The van der Waals surface area contributed by atoms with Crippen LogP contribution in [0.25, 0.3) is 6.08 Å². The smallest absolute Gasteiger partial charge is 0.122 e. The Bertz CT molecular complexity index is 624. The lowest BCUT2D eigenvalue weighted by Crippen LogP contribution is -2.38. The Balaban J connectivity index is 2.46. The summed E-state index contributed by atoms with van der Waals surface area (Å²) in [5.41, 5.74) is 0.0338. The van der Waals surface area contributed by atoms with Gasteiger partial charge in [-0.25, -0.2) is 0 Å². The fourth-order valence-corrected chi connectivity index (χ4v) is 2.31. The molecule has 2 heteroatoms. The van der Waals surface area contributed by atoms with Gasteiger partial charge in [0.15, 0.2) is 0 Å². The van der Waals surface area contributed by atoms with Crippen molar-refractivity contribution in [1.82, 2.24) is 0 Å². The SMILES string of the molecule is CC(C)(C)C(O)(/C=C\c1ccccc1O)c1ccccc1. The highest BCUT2D eigenvalue weighted by atomic mass is 16.3. The van der Waals surface area contributed by atoms with Gasteiger partial charge in [0, 0.05) is 5.56 Å². The molecule has 21 heavy (non-hydrogen) atoms. The van der Waals surface area contributed by atoms with Crippen LogP contribution in [-0.2, 0) is 5.60 Å². The summed E-state index contributed by atoms with van der Waals surface area (Å²) in [5.74, 6) is 0.207. The number of benzene rings is 2. The number of hydrogen-bond acceptors (Lipinski definition) is 2. The van der Waals surface area contributed by atoms with Crippen molar-refractivity contribution in [2.75, 3.05) is 0 Å². The zero-order valence-corrected chi connectivity index (χ0v) is 12.7. The maximum atomic E-state index is 11.2. The Hall–Kier alpha value is -2.06. The number of phenolic OH excluding ortho intramolecular Hbond substituents is 1. The van der Waals surface area contributed by atoms with Gasteiger partial charge in [-0.05, 0) is 23.1 Å². The molecule has 2 aromatic rings. The molecule has 0 spiro atoms. The van der Waals surface area contributed by atoms with Gasteiger partial charge in [0.05, 0.1) is 0 Å². The zero-order valence-electron chi connectivity index (χ0n) is 12.7. The summed E-state index contributed by atoms with van der Waals surface area (Å²) in [5, 5.41) is 21.1. The van der Waals surface area contributed by atoms with Crippen LogP contribution in [0, 0.1) is 5.41 Å². The lowest BCUT2D eigenvalue weighted by atomic mass is 9.72. The van der Waals surface area contributed by atoms with Crippen molar-refractivity contribution in [3.63, 3.8) is 0 Å². The normalized spacial score (nSPS) is 15.0. The molecule has 0 radical (unpaired) electrons. The molecule has 0 heterocycles. The van der Waals surface area contributed by atoms with Crippen LogP contribution >= 0.6 is 0 Å². The highest BCUT2D eigenvalue weighted by Gasteiger charge is 2.39. The largest absolute Gasteiger partial charge is 0.507 e. The van der Waals surface area contributed by atoms with Crippen LogP contribution in [0.5, 0.6) is 5.75 Å². The summed E-state index contributed by atoms with van der Waals surface area (Å²) in [7, 11) is 0. The predicted molar refractivity (Wildman–Crippen MR) is 86.9 cm³/mol. The molecule has 2 aromatic carbocycles. The standard InChI is InChI=1S/C19H22O2/c1-18(2,3)19(21,16-10-5-4-6-11-16)14-13-15-9-7-8-12-17(15)20/h4-14,20-21H,1-3H3/b14-13-. The molecule has 0 saturated heterocycles. The Morgan fingerprint density at radius 3 is 2.00 bits per heavy atom. The summed E-state index contributed by atoms with van der Waals surface area (Å²) in [4.78, 5) is 0. The highest BCUT2D eigenvalue weighted by molar-refractivity contribution is 5.58. The minimum atomic E-state index is -1.11. The summed E-state index contributed by atoms with van der Waals surface area (Å²) in [6.07, 6.45) is 3.53. The van der Waals surface area contributed by atoms with Gasteiger partial charge < -0.3 is 10.2 Å². The minimum Gasteiger partial charge on any atom is -0.507 e. The third kappa shape index (κ3) is 3.17. The Kier molecular flexibility index (Phi) is 4.19. The molecule has 2 nitrogen and oxygen atoms in total. The van der Waals surface area contributed by atoms with E-state index in [0.717, 1.165) is 5.56 Å². The quantitative estimate of drug-likeness (QED) is 0.879. The first-order chi connectivity index (χ1) is 9.84. The Morgan fingerprint density at radius 1 is 0.857 bits per heavy atom. The van der Waals surface area contributed by atoms with E-state index in [9.17, 15) is 10.2 Å². The first kappa shape index (κ1) is 15.3. The van der Waals surface area contributed by atoms with Crippen molar-refractivity contribution in [2.45, 2.75) is 26.4 Å². The monoisotopic (exact) mass is 282 g/mol. The minimum absolute atomic E-state index is 0.207. The third-order valence-corrected chi connectivity index (χ3v) is 3.80. The maximum absolute atomic E-state index is 11.2. The van der Waals surface area contributed by atoms with E-state index in [4.69, 9.17) is 0 Å². The van der Waals surface area contributed by atoms with Gasteiger partial charge in [0.2, 0.25) is 0 Å². The van der Waals surface area contributed by atoms with Crippen LogP contribution in [0.2, 0.25) is 0 Å². The van der Waals surface area contributed by atoms with Crippen molar-refractivity contribution in [3.05, 3.63) is 71.8 Å². The van der Waals surface area contributed by atoms with Crippen LogP contribution in [0.1, 0.15) is 31.9 Å². The first-order valence-corrected chi connectivity index (χ1v) is 7.10. The maximum Gasteiger partial charge on any atom is 0.122 e. The molecule has 2 rings (SSSR count). The van der Waals surface area contributed by atoms with Crippen LogP contribution < -0.4 is 0 Å². The van der Waals surface area contributed by atoms with Gasteiger partial charge in [-0.2, -0.15) is 0 Å². The molecule has 0 aliphatic rings. The predicted octanol–water partition coefficient (Wildman–Crippen LogP) is 4.34. The molecule has 0 amide bonds. The number of aromatic hydroxyl groups is 1. The lowest BCUT2D eigenvalue weighted by Gasteiger charge is -2.38. The number of rotatable bonds is 3. The van der Waals surface area contributed by atoms with Crippen LogP contribution in [-0.4, -0.2) is 10.2 Å². The van der Waals surface area contributed by atoms with E-state index in [2.05, 4.69) is 0 Å². The zero-order chi connectivity index (χ0) is 15.5. The van der Waals surface area contributed by atoms with E-state index in [1.54, 1.807) is 24.3 Å². The fourth-order valence-electron chi connectivity index (χ4n) is 2.31. The third-order valence-electron chi connectivity index (χ3n) is 3.80. The van der Waals surface area contributed by atoms with E-state index >= 15 is 0 Å². The van der Waals surface area contributed by atoms with Gasteiger partial charge in [-0.1, -0.05) is 75.4 Å². The molecule has 2 N–H and O–H groups in total. The molecule has 1 unspecified atom stereocenters. The van der Waals surface area contributed by atoms with Crippen LogP contribution in [0.4, 0.5) is 0 Å². The number of para-hydroxylation sites is 1. The summed E-state index contributed by atoms with van der Waals surface area (Å²) >= 11 is 0. The molecule has 0 bridgehead atoms. The topological polar surface area (TPSA) is 40.5 Å². The van der Waals surface area contributed by atoms with Gasteiger partial charge >= 0.3 is 0 Å². The average molecular weight is 282 g/mol. The van der Waals surface area contributed by atoms with E-state index in [-0.39, 0.29) is 11.2 Å². The van der Waals surface area contributed by atoms with E-state index in [1.165, 1.54) is 0 Å². The molecule has 0 aliphatic heterocycles. The van der Waals surface area contributed by atoms with Crippen molar-refractivity contribution in [3.8, 4) is 5.75 Å². The second kappa shape index (κ2) is 5.74. The number of phenols is 1. The van der Waals surface area contributed by atoms with E-state index < -0.39 is 5.60 Å². The number of hydrogen-bond donors (Lipinski definition) is 2.